The standard InChI is InChI=1S/C25H19F4N5O2/c1-36-14-19-6-3-17(4-7-19)2-5-18-8-11-23(30-13-18)25(28,29)24(35,15-34-16-31-32-33-34)21-10-9-20(26)12-22(21)27/h3-4,6-13,16,35H,14-15H2,1H3. The number of tetrazole rings is 1. The Kier molecular flexibility index (Phi) is 7.10. The van der Waals surface area contributed by atoms with Crippen molar-refractivity contribution in [3.05, 3.63) is 107 Å². The average molecular weight is 497 g/mol. The zero-order chi connectivity index (χ0) is 25.8. The van der Waals surface area contributed by atoms with Gasteiger partial charge in [0.2, 0.25) is 0 Å². The van der Waals surface area contributed by atoms with Crippen molar-refractivity contribution in [2.24, 2.45) is 0 Å². The number of halogens is 4. The second-order valence-electron chi connectivity index (χ2n) is 7.88. The van der Waals surface area contributed by atoms with E-state index >= 15 is 8.78 Å². The average Bonchev–Trinajstić information content (AvgIpc) is 3.36. The van der Waals surface area contributed by atoms with Gasteiger partial charge in [-0.3, -0.25) is 4.98 Å². The largest absolute Gasteiger partial charge is 0.380 e. The molecule has 0 amide bonds. The number of alkyl halides is 2. The minimum absolute atomic E-state index is 0.340. The molecule has 184 valence electrons. The van der Waals surface area contributed by atoms with Crippen LogP contribution < -0.4 is 0 Å². The lowest BCUT2D eigenvalue weighted by Gasteiger charge is -2.35. The summed E-state index contributed by atoms with van der Waals surface area (Å²) in [5.41, 5.74) is -2.88. The van der Waals surface area contributed by atoms with Gasteiger partial charge in [0.1, 0.15) is 23.7 Å². The number of pyridine rings is 1. The number of aromatic nitrogens is 5. The fourth-order valence-electron chi connectivity index (χ4n) is 3.53. The highest BCUT2D eigenvalue weighted by Crippen LogP contribution is 2.46. The Bertz CT molecular complexity index is 1380. The summed E-state index contributed by atoms with van der Waals surface area (Å²) in [4.78, 5) is 3.78. The zero-order valence-corrected chi connectivity index (χ0v) is 18.9. The van der Waals surface area contributed by atoms with E-state index < -0.39 is 41.0 Å². The Morgan fingerprint density at radius 3 is 2.33 bits per heavy atom. The third-order valence-corrected chi connectivity index (χ3v) is 5.38. The molecule has 1 N–H and O–H groups in total. The number of aliphatic hydroxyl groups is 1. The van der Waals surface area contributed by atoms with Crippen LogP contribution in [-0.2, 0) is 29.4 Å². The fourth-order valence-corrected chi connectivity index (χ4v) is 3.53. The first-order chi connectivity index (χ1) is 17.2. The van der Waals surface area contributed by atoms with Crippen LogP contribution in [-0.4, -0.2) is 37.4 Å². The van der Waals surface area contributed by atoms with Crippen molar-refractivity contribution in [2.75, 3.05) is 7.11 Å². The number of hydrogen-bond acceptors (Lipinski definition) is 6. The highest BCUT2D eigenvalue weighted by Gasteiger charge is 2.57. The lowest BCUT2D eigenvalue weighted by molar-refractivity contribution is -0.207. The summed E-state index contributed by atoms with van der Waals surface area (Å²) < 4.78 is 65.4. The van der Waals surface area contributed by atoms with E-state index in [9.17, 15) is 13.9 Å². The molecule has 36 heavy (non-hydrogen) atoms. The second kappa shape index (κ2) is 10.2. The molecule has 0 saturated carbocycles. The molecule has 1 atom stereocenters. The Balaban J connectivity index is 1.65. The fraction of sp³-hybridized carbons (Fsp3) is 0.200. The molecule has 11 heteroatoms. The Morgan fingerprint density at radius 1 is 1.00 bits per heavy atom. The van der Waals surface area contributed by atoms with Crippen molar-refractivity contribution in [3.63, 3.8) is 0 Å². The summed E-state index contributed by atoms with van der Waals surface area (Å²) in [6.07, 6.45) is 2.10. The van der Waals surface area contributed by atoms with Gasteiger partial charge in [0.15, 0.2) is 5.60 Å². The Morgan fingerprint density at radius 2 is 1.72 bits per heavy atom. The second-order valence-corrected chi connectivity index (χ2v) is 7.88. The molecule has 2 heterocycles. The molecule has 0 saturated heterocycles. The van der Waals surface area contributed by atoms with Crippen molar-refractivity contribution in [2.45, 2.75) is 24.7 Å². The van der Waals surface area contributed by atoms with E-state index in [1.165, 1.54) is 6.07 Å². The SMILES string of the molecule is COCc1ccc(C#Cc2ccc(C(F)(F)C(O)(Cn3cnnn3)c3ccc(F)cc3F)nc2)cc1. The third-order valence-electron chi connectivity index (χ3n) is 5.38. The molecule has 4 aromatic rings. The van der Waals surface area contributed by atoms with Crippen LogP contribution in [0.2, 0.25) is 0 Å². The molecule has 2 aromatic carbocycles. The van der Waals surface area contributed by atoms with Crippen LogP contribution in [0, 0.1) is 23.5 Å². The number of hydrogen-bond donors (Lipinski definition) is 1. The van der Waals surface area contributed by atoms with Gasteiger partial charge in [0.05, 0.1) is 13.2 Å². The van der Waals surface area contributed by atoms with Gasteiger partial charge in [-0.05, 0) is 52.4 Å². The number of methoxy groups -OCH3 is 1. The maximum Gasteiger partial charge on any atom is 0.323 e. The summed E-state index contributed by atoms with van der Waals surface area (Å²) in [6, 6.07) is 11.5. The number of ether oxygens (including phenoxy) is 1. The number of nitrogens with zero attached hydrogens (tertiary/aromatic N) is 5. The Labute approximate surface area is 203 Å². The summed E-state index contributed by atoms with van der Waals surface area (Å²) >= 11 is 0. The molecule has 0 bridgehead atoms. The number of rotatable bonds is 7. The molecule has 1 unspecified atom stereocenters. The van der Waals surface area contributed by atoms with Gasteiger partial charge < -0.3 is 9.84 Å². The van der Waals surface area contributed by atoms with Crippen LogP contribution in [0.1, 0.15) is 27.9 Å². The minimum atomic E-state index is -4.14. The first-order valence-electron chi connectivity index (χ1n) is 10.6. The molecule has 0 fully saturated rings. The van der Waals surface area contributed by atoms with Gasteiger partial charge >= 0.3 is 5.92 Å². The van der Waals surface area contributed by atoms with Gasteiger partial charge in [0, 0.05) is 36.1 Å². The van der Waals surface area contributed by atoms with Crippen molar-refractivity contribution >= 4 is 0 Å². The third kappa shape index (κ3) is 5.10. The van der Waals surface area contributed by atoms with E-state index in [2.05, 4.69) is 32.4 Å². The van der Waals surface area contributed by atoms with E-state index in [0.717, 1.165) is 41.0 Å². The van der Waals surface area contributed by atoms with Crippen molar-refractivity contribution < 1.29 is 27.4 Å². The van der Waals surface area contributed by atoms with Crippen LogP contribution in [0.25, 0.3) is 0 Å². The first kappa shape index (κ1) is 25.0. The Hall–Kier alpha value is -4.14. The molecule has 0 radical (unpaired) electrons. The highest BCUT2D eigenvalue weighted by atomic mass is 19.3. The summed E-state index contributed by atoms with van der Waals surface area (Å²) in [7, 11) is 1.59. The van der Waals surface area contributed by atoms with Gasteiger partial charge in [-0.2, -0.15) is 8.78 Å². The molecule has 2 aromatic heterocycles. The maximum absolute atomic E-state index is 15.7. The van der Waals surface area contributed by atoms with E-state index in [-0.39, 0.29) is 0 Å². The first-order valence-corrected chi connectivity index (χ1v) is 10.6. The number of benzene rings is 2. The predicted molar refractivity (Wildman–Crippen MR) is 119 cm³/mol. The van der Waals surface area contributed by atoms with Crippen LogP contribution in [0.15, 0.2) is 67.1 Å². The monoisotopic (exact) mass is 497 g/mol. The van der Waals surface area contributed by atoms with Crippen molar-refractivity contribution in [1.29, 1.82) is 0 Å². The molecule has 7 nitrogen and oxygen atoms in total. The van der Waals surface area contributed by atoms with Gasteiger partial charge in [-0.1, -0.05) is 24.0 Å². The topological polar surface area (TPSA) is 86.0 Å². The summed E-state index contributed by atoms with van der Waals surface area (Å²) in [6.45, 7) is -0.466. The molecular weight excluding hydrogens is 478 g/mol. The molecule has 0 aliphatic carbocycles. The van der Waals surface area contributed by atoms with E-state index in [4.69, 9.17) is 4.74 Å². The van der Waals surface area contributed by atoms with Gasteiger partial charge in [0.25, 0.3) is 0 Å². The normalized spacial score (nSPS) is 13.1. The molecule has 0 aliphatic heterocycles. The van der Waals surface area contributed by atoms with Crippen LogP contribution in [0.3, 0.4) is 0 Å². The zero-order valence-electron chi connectivity index (χ0n) is 18.9. The minimum Gasteiger partial charge on any atom is -0.380 e. The smallest absolute Gasteiger partial charge is 0.323 e. The molecule has 4 rings (SSSR count). The van der Waals surface area contributed by atoms with Crippen LogP contribution in [0.4, 0.5) is 17.6 Å². The maximum atomic E-state index is 15.7. The van der Waals surface area contributed by atoms with E-state index in [0.29, 0.717) is 23.8 Å². The molecular formula is C25H19F4N5O2. The van der Waals surface area contributed by atoms with Gasteiger partial charge in [-0.15, -0.1) is 5.10 Å². The van der Waals surface area contributed by atoms with Crippen LogP contribution in [0.5, 0.6) is 0 Å². The van der Waals surface area contributed by atoms with Gasteiger partial charge in [-0.25, -0.2) is 13.5 Å². The summed E-state index contributed by atoms with van der Waals surface area (Å²) in [5.74, 6) is -0.744. The van der Waals surface area contributed by atoms with Crippen LogP contribution >= 0.6 is 0 Å². The highest BCUT2D eigenvalue weighted by molar-refractivity contribution is 5.43. The predicted octanol–water partition coefficient (Wildman–Crippen LogP) is 3.57. The molecule has 0 aliphatic rings. The summed E-state index contributed by atoms with van der Waals surface area (Å²) in [5, 5.41) is 21.4. The van der Waals surface area contributed by atoms with Crippen molar-refractivity contribution in [1.82, 2.24) is 25.2 Å². The quantitative estimate of drug-likeness (QED) is 0.310. The molecule has 0 spiro atoms. The van der Waals surface area contributed by atoms with E-state index in [1.807, 2.05) is 12.1 Å². The lowest BCUT2D eigenvalue weighted by Crippen LogP contribution is -2.48. The lowest BCUT2D eigenvalue weighted by atomic mass is 9.84. The van der Waals surface area contributed by atoms with Crippen molar-refractivity contribution in [3.8, 4) is 11.8 Å². The van der Waals surface area contributed by atoms with E-state index in [1.54, 1.807) is 19.2 Å².